The lowest BCUT2D eigenvalue weighted by Crippen LogP contribution is -2.36. The van der Waals surface area contributed by atoms with Crippen LogP contribution in [0.3, 0.4) is 0 Å². The van der Waals surface area contributed by atoms with Gasteiger partial charge in [-0.15, -0.1) is 11.3 Å². The molecule has 0 atom stereocenters. The first-order valence-corrected chi connectivity index (χ1v) is 9.01. The molecule has 124 valence electrons. The van der Waals surface area contributed by atoms with Crippen molar-refractivity contribution in [3.8, 4) is 11.3 Å². The Hall–Kier alpha value is -1.50. The number of aromatic nitrogens is 1. The third-order valence-electron chi connectivity index (χ3n) is 3.39. The summed E-state index contributed by atoms with van der Waals surface area (Å²) in [6, 6.07) is 8.45. The molecule has 1 heterocycles. The third kappa shape index (κ3) is 6.25. The molecule has 0 radical (unpaired) electrons. The molecule has 0 saturated carbocycles. The number of nitrogens with zero attached hydrogens (tertiary/aromatic N) is 2. The van der Waals surface area contributed by atoms with Gasteiger partial charge in [-0.3, -0.25) is 0 Å². The van der Waals surface area contributed by atoms with Crippen molar-refractivity contribution >= 4 is 28.7 Å². The molecule has 0 fully saturated rings. The van der Waals surface area contributed by atoms with Crippen molar-refractivity contribution in [3.05, 3.63) is 40.2 Å². The van der Waals surface area contributed by atoms with E-state index in [9.17, 15) is 0 Å². The monoisotopic (exact) mass is 348 g/mol. The molecule has 0 bridgehead atoms. The van der Waals surface area contributed by atoms with Crippen LogP contribution in [0.5, 0.6) is 0 Å². The van der Waals surface area contributed by atoms with Gasteiger partial charge in [0.05, 0.1) is 10.7 Å². The molecule has 6 heteroatoms. The molecule has 23 heavy (non-hydrogen) atoms. The van der Waals surface area contributed by atoms with E-state index in [1.807, 2.05) is 6.92 Å². The number of aryl methyl sites for hydroxylation is 1. The Balaban J connectivity index is 1.74. The molecular weight excluding hydrogens is 324 g/mol. The lowest BCUT2D eigenvalue weighted by molar-refractivity contribution is 0.400. The maximum absolute atomic E-state index is 5.29. The Bertz CT molecular complexity index is 620. The average molecular weight is 349 g/mol. The van der Waals surface area contributed by atoms with Crippen LogP contribution < -0.4 is 10.6 Å². The van der Waals surface area contributed by atoms with Crippen LogP contribution in [0, 0.1) is 6.92 Å². The van der Waals surface area contributed by atoms with Gasteiger partial charge < -0.3 is 15.5 Å². The Morgan fingerprint density at radius 2 is 1.96 bits per heavy atom. The third-order valence-corrected chi connectivity index (χ3v) is 4.45. The standard InChI is InChI=1S/C17H24N4S2/c1-13-20-16(12-23-13)15-7-5-14(6-8-15)11-19-17(22)18-9-4-10-21(2)3/h5-8,12H,4,9-11H2,1-3H3,(H2,18,19,22). The Labute approximate surface area is 147 Å². The highest BCUT2D eigenvalue weighted by Gasteiger charge is 2.02. The molecule has 4 nitrogen and oxygen atoms in total. The minimum absolute atomic E-state index is 0.711. The van der Waals surface area contributed by atoms with Crippen molar-refractivity contribution in [2.45, 2.75) is 19.9 Å². The summed E-state index contributed by atoms with van der Waals surface area (Å²) in [4.78, 5) is 6.68. The van der Waals surface area contributed by atoms with Gasteiger partial charge in [0.1, 0.15) is 0 Å². The summed E-state index contributed by atoms with van der Waals surface area (Å²) >= 11 is 6.97. The smallest absolute Gasteiger partial charge is 0.166 e. The number of hydrogen-bond donors (Lipinski definition) is 2. The molecule has 0 aliphatic rings. The van der Waals surface area contributed by atoms with E-state index in [1.54, 1.807) is 11.3 Å². The predicted molar refractivity (Wildman–Crippen MR) is 103 cm³/mol. The molecule has 0 saturated heterocycles. The Morgan fingerprint density at radius 3 is 2.57 bits per heavy atom. The van der Waals surface area contributed by atoms with Crippen LogP contribution in [-0.2, 0) is 6.54 Å². The number of benzene rings is 1. The highest BCUT2D eigenvalue weighted by molar-refractivity contribution is 7.80. The second-order valence-corrected chi connectivity index (χ2v) is 7.19. The summed E-state index contributed by atoms with van der Waals surface area (Å²) in [6.45, 7) is 4.72. The van der Waals surface area contributed by atoms with Gasteiger partial charge in [0.2, 0.25) is 0 Å². The van der Waals surface area contributed by atoms with E-state index in [0.717, 1.165) is 42.3 Å². The maximum Gasteiger partial charge on any atom is 0.166 e. The summed E-state index contributed by atoms with van der Waals surface area (Å²) in [7, 11) is 4.15. The van der Waals surface area contributed by atoms with Crippen LogP contribution in [-0.4, -0.2) is 42.2 Å². The molecule has 0 aliphatic carbocycles. The fourth-order valence-corrected chi connectivity index (χ4v) is 2.93. The van der Waals surface area contributed by atoms with E-state index in [-0.39, 0.29) is 0 Å². The van der Waals surface area contributed by atoms with Crippen molar-refractivity contribution in [3.63, 3.8) is 0 Å². The van der Waals surface area contributed by atoms with Gasteiger partial charge in [0.25, 0.3) is 0 Å². The molecule has 0 amide bonds. The van der Waals surface area contributed by atoms with Gasteiger partial charge >= 0.3 is 0 Å². The summed E-state index contributed by atoms with van der Waals surface area (Å²) in [6.07, 6.45) is 1.08. The summed E-state index contributed by atoms with van der Waals surface area (Å²) < 4.78 is 0. The van der Waals surface area contributed by atoms with E-state index >= 15 is 0 Å². The van der Waals surface area contributed by atoms with Crippen molar-refractivity contribution in [1.29, 1.82) is 0 Å². The number of nitrogens with one attached hydrogen (secondary N) is 2. The first kappa shape index (κ1) is 17.8. The fraction of sp³-hybridized carbons (Fsp3) is 0.412. The first-order valence-electron chi connectivity index (χ1n) is 7.72. The van der Waals surface area contributed by atoms with Crippen molar-refractivity contribution in [1.82, 2.24) is 20.5 Å². The zero-order valence-corrected chi connectivity index (χ0v) is 15.6. The average Bonchev–Trinajstić information content (AvgIpc) is 2.96. The number of rotatable bonds is 7. The lowest BCUT2D eigenvalue weighted by Gasteiger charge is -2.12. The molecule has 0 spiro atoms. The number of hydrogen-bond acceptors (Lipinski definition) is 4. The van der Waals surface area contributed by atoms with Gasteiger partial charge in [-0.1, -0.05) is 24.3 Å². The minimum Gasteiger partial charge on any atom is -0.363 e. The summed E-state index contributed by atoms with van der Waals surface area (Å²) in [5.74, 6) is 0. The predicted octanol–water partition coefficient (Wildman–Crippen LogP) is 3.03. The second-order valence-electron chi connectivity index (χ2n) is 5.71. The molecule has 1 aromatic carbocycles. The highest BCUT2D eigenvalue weighted by Crippen LogP contribution is 2.21. The van der Waals surface area contributed by atoms with Crippen LogP contribution in [0.1, 0.15) is 17.0 Å². The SMILES string of the molecule is Cc1nc(-c2ccc(CNC(=S)NCCCN(C)C)cc2)cs1. The van der Waals surface area contributed by atoms with Gasteiger partial charge in [0, 0.05) is 24.0 Å². The zero-order valence-electron chi connectivity index (χ0n) is 13.9. The largest absolute Gasteiger partial charge is 0.363 e. The lowest BCUT2D eigenvalue weighted by atomic mass is 10.1. The molecule has 1 aromatic heterocycles. The van der Waals surface area contributed by atoms with E-state index in [4.69, 9.17) is 12.2 Å². The van der Waals surface area contributed by atoms with Crippen molar-refractivity contribution in [2.24, 2.45) is 0 Å². The van der Waals surface area contributed by atoms with Gasteiger partial charge in [-0.25, -0.2) is 4.98 Å². The van der Waals surface area contributed by atoms with Gasteiger partial charge in [0.15, 0.2) is 5.11 Å². The van der Waals surface area contributed by atoms with Gasteiger partial charge in [-0.2, -0.15) is 0 Å². The topological polar surface area (TPSA) is 40.2 Å². The van der Waals surface area contributed by atoms with Crippen LogP contribution in [0.15, 0.2) is 29.6 Å². The molecule has 2 rings (SSSR count). The second kappa shape index (κ2) is 8.96. The first-order chi connectivity index (χ1) is 11.0. The molecule has 2 N–H and O–H groups in total. The minimum atomic E-state index is 0.711. The molecule has 0 aliphatic heterocycles. The summed E-state index contributed by atoms with van der Waals surface area (Å²) in [5, 5.41) is 10.4. The Morgan fingerprint density at radius 1 is 1.22 bits per heavy atom. The van der Waals surface area contributed by atoms with Crippen LogP contribution in [0.2, 0.25) is 0 Å². The molecule has 0 unspecified atom stereocenters. The number of thiocarbonyl (C=S) groups is 1. The molecular formula is C17H24N4S2. The van der Waals surface area contributed by atoms with Crippen LogP contribution in [0.25, 0.3) is 11.3 Å². The quantitative estimate of drug-likeness (QED) is 0.594. The fourth-order valence-electron chi connectivity index (χ4n) is 2.13. The van der Waals surface area contributed by atoms with Gasteiger partial charge in [-0.05, 0) is 51.8 Å². The number of thiazole rings is 1. The zero-order chi connectivity index (χ0) is 16.7. The van der Waals surface area contributed by atoms with Crippen LogP contribution in [0.4, 0.5) is 0 Å². The van der Waals surface area contributed by atoms with Crippen molar-refractivity contribution in [2.75, 3.05) is 27.2 Å². The Kier molecular flexibility index (Phi) is 6.95. The van der Waals surface area contributed by atoms with Crippen LogP contribution >= 0.6 is 23.6 Å². The van der Waals surface area contributed by atoms with E-state index in [1.165, 1.54) is 5.56 Å². The van der Waals surface area contributed by atoms with E-state index < -0.39 is 0 Å². The highest BCUT2D eigenvalue weighted by atomic mass is 32.1. The molecule has 2 aromatic rings. The summed E-state index contributed by atoms with van der Waals surface area (Å²) in [5.41, 5.74) is 3.41. The van der Waals surface area contributed by atoms with E-state index in [2.05, 4.69) is 64.3 Å². The van der Waals surface area contributed by atoms with Crippen molar-refractivity contribution < 1.29 is 0 Å². The maximum atomic E-state index is 5.29. The van der Waals surface area contributed by atoms with E-state index in [0.29, 0.717) is 5.11 Å². The normalized spacial score (nSPS) is 10.8.